The molecular formula is C16H17N5O3. The van der Waals surface area contributed by atoms with E-state index in [4.69, 9.17) is 4.74 Å². The van der Waals surface area contributed by atoms with Crippen molar-refractivity contribution >= 4 is 17.2 Å². The van der Waals surface area contributed by atoms with Gasteiger partial charge in [0, 0.05) is 11.4 Å². The summed E-state index contributed by atoms with van der Waals surface area (Å²) in [4.78, 5) is 27.3. The van der Waals surface area contributed by atoms with Crippen molar-refractivity contribution in [3.8, 4) is 5.75 Å². The lowest BCUT2D eigenvalue weighted by Gasteiger charge is -2.09. The van der Waals surface area contributed by atoms with Crippen LogP contribution in [-0.4, -0.2) is 32.1 Å². The Bertz CT molecular complexity index is 956. The van der Waals surface area contributed by atoms with E-state index in [9.17, 15) is 9.59 Å². The van der Waals surface area contributed by atoms with Gasteiger partial charge < -0.3 is 15.0 Å². The summed E-state index contributed by atoms with van der Waals surface area (Å²) in [6.45, 7) is 5.78. The molecule has 0 unspecified atom stereocenters. The lowest BCUT2D eigenvalue weighted by molar-refractivity contribution is 0.102. The van der Waals surface area contributed by atoms with Gasteiger partial charge in [-0.25, -0.2) is 9.20 Å². The second kappa shape index (κ2) is 6.15. The Labute approximate surface area is 137 Å². The molecule has 0 atom stereocenters. The molecule has 0 spiro atoms. The van der Waals surface area contributed by atoms with Crippen molar-refractivity contribution in [3.05, 3.63) is 51.8 Å². The molecule has 0 bridgehead atoms. The molecule has 8 heteroatoms. The molecule has 0 fully saturated rings. The fourth-order valence-corrected chi connectivity index (χ4v) is 2.48. The normalized spacial score (nSPS) is 10.8. The average Bonchev–Trinajstić information content (AvgIpc) is 2.91. The fraction of sp³-hybridized carbons (Fsp3) is 0.250. The Balaban J connectivity index is 1.95. The second-order valence-electron chi connectivity index (χ2n) is 5.25. The molecule has 0 radical (unpaired) electrons. The van der Waals surface area contributed by atoms with E-state index in [2.05, 4.69) is 20.5 Å². The molecule has 0 aliphatic heterocycles. The van der Waals surface area contributed by atoms with E-state index in [0.717, 1.165) is 5.75 Å². The molecule has 0 aliphatic rings. The van der Waals surface area contributed by atoms with Crippen LogP contribution < -0.4 is 15.7 Å². The number of H-pyrrole nitrogens is 1. The van der Waals surface area contributed by atoms with Gasteiger partial charge in [-0.05, 0) is 45.0 Å². The maximum absolute atomic E-state index is 12.6. The predicted molar refractivity (Wildman–Crippen MR) is 88.6 cm³/mol. The third kappa shape index (κ3) is 2.73. The van der Waals surface area contributed by atoms with Crippen molar-refractivity contribution in [2.45, 2.75) is 20.8 Å². The van der Waals surface area contributed by atoms with Gasteiger partial charge in [-0.15, -0.1) is 10.2 Å². The van der Waals surface area contributed by atoms with Gasteiger partial charge in [-0.3, -0.25) is 4.79 Å². The third-order valence-corrected chi connectivity index (χ3v) is 3.57. The summed E-state index contributed by atoms with van der Waals surface area (Å²) < 4.78 is 6.65. The summed E-state index contributed by atoms with van der Waals surface area (Å²) in [7, 11) is 0. The summed E-state index contributed by atoms with van der Waals surface area (Å²) in [5.74, 6) is 0.776. The van der Waals surface area contributed by atoms with Crippen LogP contribution in [0.2, 0.25) is 0 Å². The smallest absolute Gasteiger partial charge is 0.333 e. The Hall–Kier alpha value is -3.16. The van der Waals surface area contributed by atoms with Crippen molar-refractivity contribution in [1.82, 2.24) is 19.6 Å². The van der Waals surface area contributed by atoms with Crippen LogP contribution in [0.25, 0.3) is 5.65 Å². The molecule has 8 nitrogen and oxygen atoms in total. The first-order valence-corrected chi connectivity index (χ1v) is 7.50. The summed E-state index contributed by atoms with van der Waals surface area (Å²) in [5, 5.41) is 10.6. The summed E-state index contributed by atoms with van der Waals surface area (Å²) in [6, 6.07) is 7.04. The van der Waals surface area contributed by atoms with Crippen LogP contribution in [-0.2, 0) is 0 Å². The molecule has 0 saturated heterocycles. The van der Waals surface area contributed by atoms with Gasteiger partial charge in [0.25, 0.3) is 5.91 Å². The van der Waals surface area contributed by atoms with Gasteiger partial charge in [0.2, 0.25) is 0 Å². The van der Waals surface area contributed by atoms with Gasteiger partial charge in [-0.1, -0.05) is 0 Å². The van der Waals surface area contributed by atoms with Crippen LogP contribution >= 0.6 is 0 Å². The van der Waals surface area contributed by atoms with Gasteiger partial charge in [0.1, 0.15) is 17.1 Å². The van der Waals surface area contributed by atoms with Crippen molar-refractivity contribution in [2.24, 2.45) is 0 Å². The molecule has 1 aromatic carbocycles. The van der Waals surface area contributed by atoms with Crippen LogP contribution in [0.5, 0.6) is 5.75 Å². The van der Waals surface area contributed by atoms with Crippen LogP contribution in [0.1, 0.15) is 28.8 Å². The van der Waals surface area contributed by atoms with Crippen molar-refractivity contribution in [2.75, 3.05) is 11.9 Å². The zero-order valence-electron chi connectivity index (χ0n) is 13.6. The highest BCUT2D eigenvalue weighted by Crippen LogP contribution is 2.18. The van der Waals surface area contributed by atoms with Crippen LogP contribution in [0, 0.1) is 13.8 Å². The zero-order valence-corrected chi connectivity index (χ0v) is 13.6. The third-order valence-electron chi connectivity index (χ3n) is 3.57. The minimum absolute atomic E-state index is 0.234. The molecule has 0 saturated carbocycles. The minimum atomic E-state index is -0.373. The Kier molecular flexibility index (Phi) is 4.03. The molecule has 24 heavy (non-hydrogen) atoms. The molecule has 2 heterocycles. The highest BCUT2D eigenvalue weighted by atomic mass is 16.5. The SMILES string of the molecule is CCOc1ccc(NC(=O)c2c(C)[nH]c(=O)n3c(C)nnc23)cc1. The van der Waals surface area contributed by atoms with E-state index in [1.54, 1.807) is 38.1 Å². The number of nitrogens with one attached hydrogen (secondary N) is 2. The number of benzene rings is 1. The van der Waals surface area contributed by atoms with E-state index < -0.39 is 0 Å². The molecule has 0 aliphatic carbocycles. The maximum atomic E-state index is 12.6. The Morgan fingerprint density at radius 2 is 1.96 bits per heavy atom. The number of carbonyl (C=O) groups excluding carboxylic acids is 1. The monoisotopic (exact) mass is 327 g/mol. The number of anilines is 1. The van der Waals surface area contributed by atoms with E-state index in [1.165, 1.54) is 4.40 Å². The summed E-state index contributed by atoms with van der Waals surface area (Å²) >= 11 is 0. The number of aromatic amines is 1. The molecule has 124 valence electrons. The first kappa shape index (κ1) is 15.7. The number of aromatic nitrogens is 4. The largest absolute Gasteiger partial charge is 0.494 e. The number of fused-ring (bicyclic) bond motifs is 1. The predicted octanol–water partition coefficient (Wildman–Crippen LogP) is 1.69. The Morgan fingerprint density at radius 1 is 1.25 bits per heavy atom. The second-order valence-corrected chi connectivity index (χ2v) is 5.25. The van der Waals surface area contributed by atoms with Crippen molar-refractivity contribution in [3.63, 3.8) is 0 Å². The number of hydrogen-bond acceptors (Lipinski definition) is 5. The lowest BCUT2D eigenvalue weighted by atomic mass is 10.2. The molecular weight excluding hydrogens is 310 g/mol. The number of rotatable bonds is 4. The molecule has 2 aromatic heterocycles. The van der Waals surface area contributed by atoms with Gasteiger partial charge in [0.15, 0.2) is 5.65 Å². The molecule has 1 amide bonds. The van der Waals surface area contributed by atoms with Gasteiger partial charge >= 0.3 is 5.69 Å². The molecule has 3 aromatic rings. The quantitative estimate of drug-likeness (QED) is 0.759. The molecule has 2 N–H and O–H groups in total. The van der Waals surface area contributed by atoms with Crippen LogP contribution in [0.15, 0.2) is 29.1 Å². The van der Waals surface area contributed by atoms with E-state index in [1.807, 2.05) is 6.92 Å². The lowest BCUT2D eigenvalue weighted by Crippen LogP contribution is -2.24. The molecule has 3 rings (SSSR count). The van der Waals surface area contributed by atoms with Gasteiger partial charge in [-0.2, -0.15) is 0 Å². The number of ether oxygens (including phenoxy) is 1. The first-order valence-electron chi connectivity index (χ1n) is 7.50. The highest BCUT2D eigenvalue weighted by molar-refractivity contribution is 6.08. The Morgan fingerprint density at radius 3 is 2.62 bits per heavy atom. The maximum Gasteiger partial charge on any atom is 0.333 e. The number of carbonyl (C=O) groups is 1. The standard InChI is InChI=1S/C16H17N5O3/c1-4-24-12-7-5-11(6-8-12)18-15(22)13-9(2)17-16(23)21-10(3)19-20-14(13)21/h5-8H,4H2,1-3H3,(H,17,23)(H,18,22). The van der Waals surface area contributed by atoms with Crippen LogP contribution in [0.4, 0.5) is 5.69 Å². The van der Waals surface area contributed by atoms with E-state index in [0.29, 0.717) is 23.8 Å². The van der Waals surface area contributed by atoms with E-state index >= 15 is 0 Å². The highest BCUT2D eigenvalue weighted by Gasteiger charge is 2.19. The average molecular weight is 327 g/mol. The number of nitrogens with zero attached hydrogens (tertiary/aromatic N) is 3. The fourth-order valence-electron chi connectivity index (χ4n) is 2.48. The zero-order chi connectivity index (χ0) is 17.3. The number of aryl methyl sites for hydroxylation is 2. The first-order chi connectivity index (χ1) is 11.5. The van der Waals surface area contributed by atoms with E-state index in [-0.39, 0.29) is 22.8 Å². The van der Waals surface area contributed by atoms with Crippen LogP contribution in [0.3, 0.4) is 0 Å². The summed E-state index contributed by atoms with van der Waals surface area (Å²) in [5.41, 5.74) is 1.19. The minimum Gasteiger partial charge on any atom is -0.494 e. The van der Waals surface area contributed by atoms with Crippen molar-refractivity contribution < 1.29 is 9.53 Å². The van der Waals surface area contributed by atoms with Gasteiger partial charge in [0.05, 0.1) is 6.61 Å². The number of hydrogen-bond donors (Lipinski definition) is 2. The number of amides is 1. The topological polar surface area (TPSA) is 101 Å². The summed E-state index contributed by atoms with van der Waals surface area (Å²) in [6.07, 6.45) is 0. The van der Waals surface area contributed by atoms with Crippen molar-refractivity contribution in [1.29, 1.82) is 0 Å².